The molecule has 90 valence electrons. The van der Waals surface area contributed by atoms with Crippen LogP contribution >= 0.6 is 15.9 Å². The minimum Gasteiger partial charge on any atom is -0.348 e. The fourth-order valence-corrected chi connectivity index (χ4v) is 1.75. The summed E-state index contributed by atoms with van der Waals surface area (Å²) in [6.07, 6.45) is 5.05. The minimum atomic E-state index is 0.0474. The Morgan fingerprint density at radius 1 is 1.35 bits per heavy atom. The molecular weight excluding hydrogens is 282 g/mol. The predicted molar refractivity (Wildman–Crippen MR) is 69.5 cm³/mol. The number of anilines is 1. The van der Waals surface area contributed by atoms with E-state index in [4.69, 9.17) is 0 Å². The third kappa shape index (κ3) is 3.03. The summed E-state index contributed by atoms with van der Waals surface area (Å²) < 4.78 is 2.76. The highest BCUT2D eigenvalue weighted by Gasteiger charge is 2.15. The average molecular weight is 296 g/mol. The molecule has 2 rings (SSSR count). The van der Waals surface area contributed by atoms with E-state index in [0.29, 0.717) is 5.92 Å². The molecule has 1 N–H and O–H groups in total. The van der Waals surface area contributed by atoms with Gasteiger partial charge in [0.05, 0.1) is 0 Å². The molecule has 0 aliphatic carbocycles. The third-order valence-corrected chi connectivity index (χ3v) is 2.85. The van der Waals surface area contributed by atoms with Gasteiger partial charge in [0.15, 0.2) is 0 Å². The molecule has 0 unspecified atom stereocenters. The molecule has 0 saturated carbocycles. The molecule has 1 atom stereocenters. The van der Waals surface area contributed by atoms with E-state index in [-0.39, 0.29) is 6.17 Å². The summed E-state index contributed by atoms with van der Waals surface area (Å²) in [5, 5.41) is 7.49. The van der Waals surface area contributed by atoms with E-state index in [2.05, 4.69) is 50.2 Å². The van der Waals surface area contributed by atoms with Crippen molar-refractivity contribution in [2.75, 3.05) is 5.32 Å². The summed E-state index contributed by atoms with van der Waals surface area (Å²) in [6.45, 7) is 4.25. The lowest BCUT2D eigenvalue weighted by Crippen LogP contribution is -2.24. The number of halogens is 1. The number of nitrogens with one attached hydrogen (secondary N) is 1. The average Bonchev–Trinajstić information content (AvgIpc) is 2.81. The number of hydrogen-bond acceptors (Lipinski definition) is 4. The van der Waals surface area contributed by atoms with Crippen LogP contribution in [0.15, 0.2) is 35.5 Å². The highest BCUT2D eigenvalue weighted by molar-refractivity contribution is 9.10. The van der Waals surface area contributed by atoms with Crippen molar-refractivity contribution in [1.82, 2.24) is 19.7 Å². The number of nitrogens with zero attached hydrogens (tertiary/aromatic N) is 4. The summed E-state index contributed by atoms with van der Waals surface area (Å²) in [5.41, 5.74) is 0. The normalized spacial score (nSPS) is 12.7. The highest BCUT2D eigenvalue weighted by atomic mass is 79.9. The van der Waals surface area contributed by atoms with Gasteiger partial charge in [0.1, 0.15) is 24.6 Å². The van der Waals surface area contributed by atoms with Crippen LogP contribution in [0, 0.1) is 5.92 Å². The molecule has 6 heteroatoms. The van der Waals surface area contributed by atoms with Gasteiger partial charge >= 0.3 is 0 Å². The van der Waals surface area contributed by atoms with Crippen molar-refractivity contribution in [2.24, 2.45) is 5.92 Å². The van der Waals surface area contributed by atoms with Gasteiger partial charge in [-0.25, -0.2) is 14.6 Å². The van der Waals surface area contributed by atoms with Gasteiger partial charge in [0.25, 0.3) is 0 Å². The Morgan fingerprint density at radius 3 is 2.71 bits per heavy atom. The van der Waals surface area contributed by atoms with E-state index in [0.717, 1.165) is 10.3 Å². The Kier molecular flexibility index (Phi) is 3.73. The zero-order valence-electron chi connectivity index (χ0n) is 9.71. The number of hydrogen-bond donors (Lipinski definition) is 1. The zero-order valence-corrected chi connectivity index (χ0v) is 11.3. The third-order valence-electron chi connectivity index (χ3n) is 2.38. The van der Waals surface area contributed by atoms with Gasteiger partial charge in [0.2, 0.25) is 0 Å². The highest BCUT2D eigenvalue weighted by Crippen LogP contribution is 2.19. The summed E-state index contributed by atoms with van der Waals surface area (Å²) in [6, 6.07) is 3.88. The van der Waals surface area contributed by atoms with Crippen molar-refractivity contribution in [2.45, 2.75) is 20.0 Å². The number of pyridine rings is 1. The Balaban J connectivity index is 2.16. The van der Waals surface area contributed by atoms with Crippen LogP contribution in [0.5, 0.6) is 0 Å². The van der Waals surface area contributed by atoms with E-state index < -0.39 is 0 Å². The van der Waals surface area contributed by atoms with Gasteiger partial charge in [-0.1, -0.05) is 13.8 Å². The number of aromatic nitrogens is 4. The Labute approximate surface area is 108 Å². The van der Waals surface area contributed by atoms with Crippen molar-refractivity contribution in [3.8, 4) is 0 Å². The van der Waals surface area contributed by atoms with Crippen molar-refractivity contribution in [3.05, 3.63) is 35.5 Å². The van der Waals surface area contributed by atoms with Crippen LogP contribution in [0.1, 0.15) is 20.0 Å². The summed E-state index contributed by atoms with van der Waals surface area (Å²) in [7, 11) is 0. The van der Waals surface area contributed by atoms with E-state index in [1.54, 1.807) is 17.2 Å². The first-order valence-electron chi connectivity index (χ1n) is 5.39. The van der Waals surface area contributed by atoms with E-state index in [1.807, 2.05) is 12.1 Å². The second kappa shape index (κ2) is 5.27. The van der Waals surface area contributed by atoms with Crippen LogP contribution < -0.4 is 5.32 Å². The Morgan fingerprint density at radius 2 is 2.18 bits per heavy atom. The first-order valence-corrected chi connectivity index (χ1v) is 6.18. The maximum absolute atomic E-state index is 4.29. The molecule has 0 aromatic carbocycles. The topological polar surface area (TPSA) is 55.6 Å². The van der Waals surface area contributed by atoms with E-state index in [1.165, 1.54) is 6.33 Å². The zero-order chi connectivity index (χ0) is 12.3. The summed E-state index contributed by atoms with van der Waals surface area (Å²) in [4.78, 5) is 8.26. The molecule has 17 heavy (non-hydrogen) atoms. The molecule has 2 aromatic rings. The van der Waals surface area contributed by atoms with Crippen LogP contribution in [-0.2, 0) is 0 Å². The number of rotatable bonds is 4. The predicted octanol–water partition coefficient (Wildman–Crippen LogP) is 2.70. The smallest absolute Gasteiger partial charge is 0.137 e. The van der Waals surface area contributed by atoms with E-state index in [9.17, 15) is 0 Å². The van der Waals surface area contributed by atoms with Gasteiger partial charge in [0, 0.05) is 10.7 Å². The van der Waals surface area contributed by atoms with Crippen LogP contribution in [0.3, 0.4) is 0 Å². The second-order valence-corrected chi connectivity index (χ2v) is 4.99. The SMILES string of the molecule is CC(C)[C@@H](Nc1ccc(Br)cn1)n1cncn1. The first kappa shape index (κ1) is 12.0. The first-order chi connectivity index (χ1) is 8.16. The van der Waals surface area contributed by atoms with Crippen LogP contribution in [0.25, 0.3) is 0 Å². The van der Waals surface area contributed by atoms with Crippen LogP contribution in [0.2, 0.25) is 0 Å². The standard InChI is InChI=1S/C11H14BrN5/c1-8(2)11(17-7-13-6-15-17)16-10-4-3-9(12)5-14-10/h3-8,11H,1-2H3,(H,14,16)/t11-/m0/s1. The van der Waals surface area contributed by atoms with Crippen molar-refractivity contribution in [3.63, 3.8) is 0 Å². The molecule has 0 fully saturated rings. The quantitative estimate of drug-likeness (QED) is 0.942. The summed E-state index contributed by atoms with van der Waals surface area (Å²) in [5.74, 6) is 1.20. The molecule has 0 radical (unpaired) electrons. The molecule has 0 aliphatic rings. The molecule has 2 heterocycles. The van der Waals surface area contributed by atoms with Gasteiger partial charge in [-0.2, -0.15) is 5.10 Å². The maximum atomic E-state index is 4.29. The fourth-order valence-electron chi connectivity index (χ4n) is 1.51. The largest absolute Gasteiger partial charge is 0.348 e. The minimum absolute atomic E-state index is 0.0474. The van der Waals surface area contributed by atoms with Crippen molar-refractivity contribution in [1.29, 1.82) is 0 Å². The molecule has 0 aliphatic heterocycles. The van der Waals surface area contributed by atoms with Crippen molar-refractivity contribution < 1.29 is 0 Å². The van der Waals surface area contributed by atoms with E-state index >= 15 is 0 Å². The molecular formula is C11H14BrN5. The molecule has 2 aromatic heterocycles. The Hall–Kier alpha value is -1.43. The maximum Gasteiger partial charge on any atom is 0.137 e. The lowest BCUT2D eigenvalue weighted by atomic mass is 10.1. The van der Waals surface area contributed by atoms with Crippen LogP contribution in [-0.4, -0.2) is 19.7 Å². The van der Waals surface area contributed by atoms with Crippen molar-refractivity contribution >= 4 is 21.7 Å². The Bertz CT molecular complexity index is 451. The molecule has 0 spiro atoms. The molecule has 0 bridgehead atoms. The van der Waals surface area contributed by atoms with Gasteiger partial charge < -0.3 is 5.32 Å². The fraction of sp³-hybridized carbons (Fsp3) is 0.364. The lowest BCUT2D eigenvalue weighted by Gasteiger charge is -2.22. The lowest BCUT2D eigenvalue weighted by molar-refractivity contribution is 0.384. The molecule has 5 nitrogen and oxygen atoms in total. The molecule has 0 amide bonds. The van der Waals surface area contributed by atoms with Gasteiger partial charge in [-0.15, -0.1) is 0 Å². The van der Waals surface area contributed by atoms with Crippen LogP contribution in [0.4, 0.5) is 5.82 Å². The second-order valence-electron chi connectivity index (χ2n) is 4.07. The van der Waals surface area contributed by atoms with Gasteiger partial charge in [-0.3, -0.25) is 0 Å². The summed E-state index contributed by atoms with van der Waals surface area (Å²) >= 11 is 3.36. The molecule has 0 saturated heterocycles. The monoisotopic (exact) mass is 295 g/mol. The van der Waals surface area contributed by atoms with Gasteiger partial charge in [-0.05, 0) is 34.0 Å².